The van der Waals surface area contributed by atoms with Crippen LogP contribution in [-0.2, 0) is 19.1 Å². The van der Waals surface area contributed by atoms with E-state index in [0.717, 1.165) is 4.88 Å². The normalized spacial score (nSPS) is 14.2. The number of hydrogen-bond donors (Lipinski definition) is 0. The fourth-order valence-electron chi connectivity index (χ4n) is 3.37. The molecule has 0 N–H and O–H groups in total. The first-order valence-corrected chi connectivity index (χ1v) is 11.0. The molecule has 0 atom stereocenters. The summed E-state index contributed by atoms with van der Waals surface area (Å²) in [5.74, 6) is 0.00395. The molecule has 3 rings (SSSR count). The van der Waals surface area contributed by atoms with Crippen molar-refractivity contribution in [3.05, 3.63) is 52.4 Å². The van der Waals surface area contributed by atoms with Crippen LogP contribution in [0.5, 0.6) is 5.75 Å². The topological polar surface area (TPSA) is 68.3 Å². The van der Waals surface area contributed by atoms with Crippen LogP contribution in [0.2, 0.25) is 0 Å². The third kappa shape index (κ3) is 5.15. The summed E-state index contributed by atoms with van der Waals surface area (Å²) in [5.41, 5.74) is 1.30. The van der Waals surface area contributed by atoms with Gasteiger partial charge in [-0.05, 0) is 49.6 Å². The molecular weight excluding hydrogens is 416 g/mol. The lowest BCUT2D eigenvalue weighted by atomic mass is 10.1. The van der Waals surface area contributed by atoms with Crippen LogP contribution in [0.1, 0.15) is 18.7 Å². The molecule has 2 amide bonds. The lowest BCUT2D eigenvalue weighted by molar-refractivity contribution is -0.120. The summed E-state index contributed by atoms with van der Waals surface area (Å²) in [6, 6.07) is 10.7. The predicted molar refractivity (Wildman–Crippen MR) is 121 cm³/mol. The van der Waals surface area contributed by atoms with E-state index in [0.29, 0.717) is 49.0 Å². The van der Waals surface area contributed by atoms with Crippen molar-refractivity contribution < 1.29 is 23.8 Å². The maximum atomic E-state index is 13.5. The van der Waals surface area contributed by atoms with Gasteiger partial charge < -0.3 is 19.1 Å². The van der Waals surface area contributed by atoms with Crippen molar-refractivity contribution in [2.75, 3.05) is 45.4 Å². The Morgan fingerprint density at radius 2 is 1.61 bits per heavy atom. The zero-order valence-electron chi connectivity index (χ0n) is 18.3. The van der Waals surface area contributed by atoms with Crippen LogP contribution in [0, 0.1) is 0 Å². The van der Waals surface area contributed by atoms with Crippen LogP contribution < -0.4 is 9.64 Å². The fraction of sp³-hybridized carbons (Fsp3) is 0.391. The second kappa shape index (κ2) is 10.6. The first-order chi connectivity index (χ1) is 15.0. The number of nitrogens with zero attached hydrogens (tertiary/aromatic N) is 2. The summed E-state index contributed by atoms with van der Waals surface area (Å²) in [7, 11) is 3.22. The molecule has 1 aliphatic rings. The Labute approximate surface area is 186 Å². The van der Waals surface area contributed by atoms with Crippen LogP contribution in [0.4, 0.5) is 5.69 Å². The van der Waals surface area contributed by atoms with Crippen LogP contribution in [0.3, 0.4) is 0 Å². The molecule has 0 radical (unpaired) electrons. The van der Waals surface area contributed by atoms with Gasteiger partial charge in [-0.1, -0.05) is 6.07 Å². The number of carbonyl (C=O) groups excluding carboxylic acids is 2. The summed E-state index contributed by atoms with van der Waals surface area (Å²) in [4.78, 5) is 30.9. The first-order valence-electron chi connectivity index (χ1n) is 10.1. The zero-order chi connectivity index (χ0) is 22.4. The van der Waals surface area contributed by atoms with Gasteiger partial charge in [-0.25, -0.2) is 4.90 Å². The molecule has 1 aliphatic heterocycles. The monoisotopic (exact) mass is 444 g/mol. The second-order valence-electron chi connectivity index (χ2n) is 7.28. The van der Waals surface area contributed by atoms with Gasteiger partial charge in [-0.2, -0.15) is 0 Å². The van der Waals surface area contributed by atoms with Gasteiger partial charge in [0.25, 0.3) is 11.8 Å². The van der Waals surface area contributed by atoms with E-state index in [9.17, 15) is 9.59 Å². The SMILES string of the molecule is COCCN(CCOC)C1=C(c2cccs2)C(=O)N(c2ccc(OC(C)C)cc2)C1=O. The molecule has 0 fully saturated rings. The van der Waals surface area contributed by atoms with Crippen LogP contribution in [0.15, 0.2) is 47.5 Å². The lowest BCUT2D eigenvalue weighted by Gasteiger charge is -2.25. The molecule has 8 heteroatoms. The molecule has 31 heavy (non-hydrogen) atoms. The predicted octanol–water partition coefficient (Wildman–Crippen LogP) is 3.41. The third-order valence-electron chi connectivity index (χ3n) is 4.74. The maximum absolute atomic E-state index is 13.5. The van der Waals surface area contributed by atoms with E-state index in [1.165, 1.54) is 16.2 Å². The highest BCUT2D eigenvalue weighted by molar-refractivity contribution is 7.11. The highest BCUT2D eigenvalue weighted by Gasteiger charge is 2.42. The van der Waals surface area contributed by atoms with Crippen molar-refractivity contribution in [2.24, 2.45) is 0 Å². The second-order valence-corrected chi connectivity index (χ2v) is 8.23. The van der Waals surface area contributed by atoms with E-state index in [2.05, 4.69) is 0 Å². The molecule has 1 aromatic carbocycles. The molecule has 0 bridgehead atoms. The van der Waals surface area contributed by atoms with Crippen LogP contribution >= 0.6 is 11.3 Å². The number of methoxy groups -OCH3 is 2. The van der Waals surface area contributed by atoms with Crippen molar-refractivity contribution in [1.82, 2.24) is 4.90 Å². The Morgan fingerprint density at radius 1 is 0.968 bits per heavy atom. The Bertz CT molecular complexity index is 914. The quantitative estimate of drug-likeness (QED) is 0.495. The largest absolute Gasteiger partial charge is 0.491 e. The van der Waals surface area contributed by atoms with Gasteiger partial charge in [0.15, 0.2) is 0 Å². The number of benzene rings is 1. The Morgan fingerprint density at radius 3 is 2.13 bits per heavy atom. The number of amides is 2. The highest BCUT2D eigenvalue weighted by Crippen LogP contribution is 2.36. The standard InChI is InChI=1S/C23H28N2O5S/c1-16(2)30-18-9-7-17(8-10-18)25-22(26)20(19-6-5-15-31-19)21(23(25)27)24(11-13-28-3)12-14-29-4/h5-10,15-16H,11-14H2,1-4H3. The molecule has 0 aliphatic carbocycles. The van der Waals surface area contributed by atoms with E-state index >= 15 is 0 Å². The average molecular weight is 445 g/mol. The maximum Gasteiger partial charge on any atom is 0.282 e. The number of carbonyl (C=O) groups is 2. The van der Waals surface area contributed by atoms with Crippen molar-refractivity contribution >= 4 is 34.4 Å². The summed E-state index contributed by atoms with van der Waals surface area (Å²) in [5, 5.41) is 1.90. The minimum absolute atomic E-state index is 0.0368. The third-order valence-corrected chi connectivity index (χ3v) is 5.63. The number of rotatable bonds is 11. The van der Waals surface area contributed by atoms with Crippen molar-refractivity contribution in [3.8, 4) is 5.75 Å². The van der Waals surface area contributed by atoms with E-state index < -0.39 is 0 Å². The summed E-state index contributed by atoms with van der Waals surface area (Å²) in [6.45, 7) is 5.68. The molecule has 0 saturated heterocycles. The number of imide groups is 1. The molecule has 2 heterocycles. The minimum Gasteiger partial charge on any atom is -0.491 e. The fourth-order valence-corrected chi connectivity index (χ4v) is 4.14. The van der Waals surface area contributed by atoms with Gasteiger partial charge in [0.05, 0.1) is 30.6 Å². The molecule has 0 unspecified atom stereocenters. The molecule has 2 aromatic rings. The van der Waals surface area contributed by atoms with Gasteiger partial charge in [0.2, 0.25) is 0 Å². The Kier molecular flexibility index (Phi) is 7.84. The summed E-state index contributed by atoms with van der Waals surface area (Å²) < 4.78 is 16.1. The van der Waals surface area contributed by atoms with Gasteiger partial charge in [0.1, 0.15) is 11.4 Å². The van der Waals surface area contributed by atoms with Gasteiger partial charge in [0, 0.05) is 32.2 Å². The van der Waals surface area contributed by atoms with Gasteiger partial charge in [-0.3, -0.25) is 9.59 Å². The summed E-state index contributed by atoms with van der Waals surface area (Å²) >= 11 is 1.43. The van der Waals surface area contributed by atoms with Crippen molar-refractivity contribution in [2.45, 2.75) is 20.0 Å². The number of ether oxygens (including phenoxy) is 3. The highest BCUT2D eigenvalue weighted by atomic mass is 32.1. The minimum atomic E-state index is -0.349. The number of thiophene rings is 1. The molecule has 0 saturated carbocycles. The summed E-state index contributed by atoms with van der Waals surface area (Å²) in [6.07, 6.45) is 0.0368. The number of hydrogen-bond acceptors (Lipinski definition) is 7. The van der Waals surface area contributed by atoms with E-state index in [1.807, 2.05) is 36.3 Å². The Hall–Kier alpha value is -2.68. The molecule has 0 spiro atoms. The average Bonchev–Trinajstić information content (AvgIpc) is 3.35. The Balaban J connectivity index is 1.99. The van der Waals surface area contributed by atoms with E-state index in [4.69, 9.17) is 14.2 Å². The van der Waals surface area contributed by atoms with Crippen molar-refractivity contribution in [3.63, 3.8) is 0 Å². The lowest BCUT2D eigenvalue weighted by Crippen LogP contribution is -2.37. The van der Waals surface area contributed by atoms with E-state index in [1.54, 1.807) is 38.5 Å². The molecule has 7 nitrogen and oxygen atoms in total. The molecule has 1 aromatic heterocycles. The van der Waals surface area contributed by atoms with Crippen LogP contribution in [-0.4, -0.2) is 63.3 Å². The van der Waals surface area contributed by atoms with Gasteiger partial charge in [-0.15, -0.1) is 11.3 Å². The first kappa shape index (κ1) is 23.0. The van der Waals surface area contributed by atoms with Crippen molar-refractivity contribution in [1.29, 1.82) is 0 Å². The molecular formula is C23H28N2O5S. The van der Waals surface area contributed by atoms with Gasteiger partial charge >= 0.3 is 0 Å². The van der Waals surface area contributed by atoms with Crippen LogP contribution in [0.25, 0.3) is 5.57 Å². The zero-order valence-corrected chi connectivity index (χ0v) is 19.1. The smallest absolute Gasteiger partial charge is 0.282 e. The number of anilines is 1. The molecule has 166 valence electrons. The van der Waals surface area contributed by atoms with E-state index in [-0.39, 0.29) is 17.9 Å².